The van der Waals surface area contributed by atoms with Gasteiger partial charge in [0.2, 0.25) is 11.8 Å². The van der Waals surface area contributed by atoms with Crippen LogP contribution in [-0.4, -0.2) is 52.1 Å². The topological polar surface area (TPSA) is 118 Å². The highest BCUT2D eigenvalue weighted by molar-refractivity contribution is 5.94. The summed E-state index contributed by atoms with van der Waals surface area (Å²) < 4.78 is 0. The van der Waals surface area contributed by atoms with Gasteiger partial charge in [-0.25, -0.2) is 0 Å². The maximum atomic E-state index is 14.0. The summed E-state index contributed by atoms with van der Waals surface area (Å²) in [5, 5.41) is 10.5. The van der Waals surface area contributed by atoms with Gasteiger partial charge in [-0.1, -0.05) is 74.7 Å². The van der Waals surface area contributed by atoms with E-state index in [0.717, 1.165) is 19.3 Å². The number of carbonyl (C=O) groups excluding carboxylic acids is 4. The van der Waals surface area contributed by atoms with Crippen LogP contribution in [0, 0.1) is 45.8 Å². The van der Waals surface area contributed by atoms with Crippen molar-refractivity contribution in [3.63, 3.8) is 0 Å². The summed E-state index contributed by atoms with van der Waals surface area (Å²) in [6.07, 6.45) is 3.05. The maximum Gasteiger partial charge on any atom is 0.246 e. The molecule has 3 fully saturated rings. The number of carbonyl (C=O) groups is 4. The van der Waals surface area contributed by atoms with Gasteiger partial charge in [-0.05, 0) is 40.4 Å². The minimum absolute atomic E-state index is 0.0392. The number of likely N-dealkylation sites (tertiary alicyclic amines) is 1. The summed E-state index contributed by atoms with van der Waals surface area (Å²) >= 11 is 0. The van der Waals surface area contributed by atoms with Crippen LogP contribution in [-0.2, 0) is 19.2 Å². The van der Waals surface area contributed by atoms with E-state index in [9.17, 15) is 24.3 Å². The molecule has 1 aliphatic heterocycles. The number of fused-ring (bicyclic) bond motifs is 1. The zero-order valence-electron chi connectivity index (χ0n) is 24.3. The van der Waals surface area contributed by atoms with Gasteiger partial charge in [0.15, 0.2) is 5.78 Å². The van der Waals surface area contributed by atoms with Crippen LogP contribution in [0.3, 0.4) is 0 Å². The first-order chi connectivity index (χ1) is 16.8. The zero-order chi connectivity index (χ0) is 28.1. The number of rotatable bonds is 11. The van der Waals surface area contributed by atoms with Crippen molar-refractivity contribution >= 4 is 23.4 Å². The Hall–Kier alpha value is -1.76. The van der Waals surface area contributed by atoms with Crippen LogP contribution < -0.4 is 5.73 Å². The highest BCUT2D eigenvalue weighted by atomic mass is 16.3. The highest BCUT2D eigenvalue weighted by Crippen LogP contribution is 2.65. The highest BCUT2D eigenvalue weighted by Gasteiger charge is 2.69. The lowest BCUT2D eigenvalue weighted by Crippen LogP contribution is -2.51. The summed E-state index contributed by atoms with van der Waals surface area (Å²) in [5.41, 5.74) is 4.81. The molecular formula is C30H50N2O5. The lowest BCUT2D eigenvalue weighted by Gasteiger charge is -2.38. The number of nitrogens with two attached hydrogens (primary N) is 1. The fourth-order valence-electron chi connectivity index (χ4n) is 6.83. The average Bonchev–Trinajstić information content (AvgIpc) is 3.06. The standard InChI is InChI=1S/C30H50N2O5/c1-28(2,3)15-19(33)14-20(29(4,5)6)27(37)32-16-21-23(30(21,7)8)24(32)22(34)13-18(25(35)26(31)36)12-17-10-9-11-17/h17-18,20-21,23-25,35H,9-16H2,1-8H3,(H2,31,36)/t18?,20-,21?,23?,24-,25?/m1/s1. The van der Waals surface area contributed by atoms with E-state index in [2.05, 4.69) is 13.8 Å². The smallest absolute Gasteiger partial charge is 0.246 e. The van der Waals surface area contributed by atoms with Crippen molar-refractivity contribution in [2.45, 2.75) is 112 Å². The Bertz CT molecular complexity index is 908. The van der Waals surface area contributed by atoms with E-state index < -0.39 is 35.3 Å². The second-order valence-electron chi connectivity index (χ2n) is 15.1. The van der Waals surface area contributed by atoms with Crippen molar-refractivity contribution in [3.8, 4) is 0 Å². The van der Waals surface area contributed by atoms with Gasteiger partial charge >= 0.3 is 0 Å². The lowest BCUT2D eigenvalue weighted by molar-refractivity contribution is -0.148. The van der Waals surface area contributed by atoms with Crippen LogP contribution in [0.4, 0.5) is 0 Å². The van der Waals surface area contributed by atoms with Gasteiger partial charge in [0.1, 0.15) is 11.9 Å². The van der Waals surface area contributed by atoms with Crippen LogP contribution in [0.5, 0.6) is 0 Å². The van der Waals surface area contributed by atoms with Gasteiger partial charge < -0.3 is 15.7 Å². The largest absolute Gasteiger partial charge is 0.383 e. The maximum absolute atomic E-state index is 14.0. The average molecular weight is 519 g/mol. The molecule has 3 rings (SSSR count). The summed E-state index contributed by atoms with van der Waals surface area (Å²) in [5.74, 6) is -1.29. The van der Waals surface area contributed by atoms with E-state index in [-0.39, 0.29) is 53.0 Å². The zero-order valence-corrected chi connectivity index (χ0v) is 24.3. The number of ketones is 2. The SMILES string of the molecule is CC(C)(C)CC(=O)C[C@H](C(=O)N1CC2C([C@H]1C(=O)CC(CC1CCC1)C(O)C(N)=O)C2(C)C)C(C)(C)C. The molecule has 3 N–H and O–H groups in total. The fourth-order valence-corrected chi connectivity index (χ4v) is 6.83. The van der Waals surface area contributed by atoms with Gasteiger partial charge in [-0.15, -0.1) is 0 Å². The first-order valence-corrected chi connectivity index (χ1v) is 14.2. The van der Waals surface area contributed by atoms with Gasteiger partial charge in [0, 0.05) is 37.6 Å². The van der Waals surface area contributed by atoms with Crippen LogP contribution in [0.15, 0.2) is 0 Å². The van der Waals surface area contributed by atoms with Crippen LogP contribution in [0.25, 0.3) is 0 Å². The molecule has 0 aromatic heterocycles. The number of hydrogen-bond donors (Lipinski definition) is 2. The summed E-state index contributed by atoms with van der Waals surface area (Å²) in [7, 11) is 0. The number of Topliss-reactive ketones (excluding diaryl/α,β-unsaturated/α-hetero) is 2. The molecule has 2 amide bonds. The monoisotopic (exact) mass is 518 g/mol. The Kier molecular flexibility index (Phi) is 8.39. The van der Waals surface area contributed by atoms with E-state index in [1.54, 1.807) is 4.90 Å². The molecule has 210 valence electrons. The number of primary amides is 1. The Morgan fingerprint density at radius 2 is 1.62 bits per heavy atom. The summed E-state index contributed by atoms with van der Waals surface area (Å²) in [6, 6.07) is -0.584. The summed E-state index contributed by atoms with van der Waals surface area (Å²) in [6.45, 7) is 16.8. The number of hydrogen-bond acceptors (Lipinski definition) is 5. The molecule has 6 atom stereocenters. The van der Waals surface area contributed by atoms with Crippen LogP contribution >= 0.6 is 0 Å². The molecule has 1 saturated heterocycles. The van der Waals surface area contributed by atoms with Crippen molar-refractivity contribution in [3.05, 3.63) is 0 Å². The molecule has 7 heteroatoms. The Morgan fingerprint density at radius 3 is 2.08 bits per heavy atom. The number of amides is 2. The third-order valence-corrected chi connectivity index (χ3v) is 9.39. The van der Waals surface area contributed by atoms with Gasteiger partial charge in [-0.2, -0.15) is 0 Å². The predicted molar refractivity (Wildman–Crippen MR) is 143 cm³/mol. The number of piperidine rings is 1. The van der Waals surface area contributed by atoms with E-state index in [4.69, 9.17) is 5.73 Å². The molecule has 3 aliphatic rings. The van der Waals surface area contributed by atoms with Crippen molar-refractivity contribution in [2.24, 2.45) is 51.6 Å². The lowest BCUT2D eigenvalue weighted by atomic mass is 9.74. The van der Waals surface area contributed by atoms with Crippen molar-refractivity contribution < 1.29 is 24.3 Å². The number of aliphatic hydroxyl groups is 1. The number of nitrogens with zero attached hydrogens (tertiary/aromatic N) is 1. The van der Waals surface area contributed by atoms with E-state index in [1.165, 1.54) is 0 Å². The molecule has 0 aromatic carbocycles. The molecule has 2 saturated carbocycles. The molecule has 0 radical (unpaired) electrons. The second-order valence-corrected chi connectivity index (χ2v) is 15.1. The molecule has 0 bridgehead atoms. The van der Waals surface area contributed by atoms with Gasteiger partial charge in [-0.3, -0.25) is 19.2 Å². The fraction of sp³-hybridized carbons (Fsp3) is 0.867. The molecule has 7 nitrogen and oxygen atoms in total. The van der Waals surface area contributed by atoms with Gasteiger partial charge in [0.05, 0.1) is 6.04 Å². The summed E-state index contributed by atoms with van der Waals surface area (Å²) in [4.78, 5) is 54.4. The van der Waals surface area contributed by atoms with Gasteiger partial charge in [0.25, 0.3) is 0 Å². The quantitative estimate of drug-likeness (QED) is 0.426. The Balaban J connectivity index is 1.83. The van der Waals surface area contributed by atoms with Crippen LogP contribution in [0.2, 0.25) is 0 Å². The van der Waals surface area contributed by atoms with Crippen molar-refractivity contribution in [2.75, 3.05) is 6.54 Å². The van der Waals surface area contributed by atoms with E-state index in [1.807, 2.05) is 41.5 Å². The normalized spacial score (nSPS) is 27.6. The predicted octanol–water partition coefficient (Wildman–Crippen LogP) is 4.14. The number of aliphatic hydroxyl groups excluding tert-OH is 1. The van der Waals surface area contributed by atoms with E-state index in [0.29, 0.717) is 25.3 Å². The minimum atomic E-state index is -1.37. The van der Waals surface area contributed by atoms with E-state index >= 15 is 0 Å². The van der Waals surface area contributed by atoms with Crippen molar-refractivity contribution in [1.82, 2.24) is 4.90 Å². The molecule has 2 aliphatic carbocycles. The second kappa shape index (κ2) is 10.4. The Labute approximate surface area is 223 Å². The van der Waals surface area contributed by atoms with Crippen molar-refractivity contribution in [1.29, 1.82) is 0 Å². The molecule has 0 aromatic rings. The molecule has 37 heavy (non-hydrogen) atoms. The first-order valence-electron chi connectivity index (χ1n) is 14.2. The van der Waals surface area contributed by atoms with Crippen LogP contribution in [0.1, 0.15) is 100 Å². The Morgan fingerprint density at radius 1 is 1.03 bits per heavy atom. The molecule has 0 spiro atoms. The molecule has 4 unspecified atom stereocenters. The molecular weight excluding hydrogens is 468 g/mol. The molecule has 1 heterocycles. The third-order valence-electron chi connectivity index (χ3n) is 9.39. The minimum Gasteiger partial charge on any atom is -0.383 e. The third kappa shape index (κ3) is 6.63. The first kappa shape index (κ1) is 29.8.